The fourth-order valence-corrected chi connectivity index (χ4v) is 4.58. The van der Waals surface area contributed by atoms with E-state index in [4.69, 9.17) is 14.9 Å². The Kier molecular flexibility index (Phi) is 6.50. The smallest absolute Gasteiger partial charge is 0.283 e. The molecule has 0 radical (unpaired) electrons. The van der Waals surface area contributed by atoms with Crippen LogP contribution in [0, 0.1) is 12.3 Å². The lowest BCUT2D eigenvalue weighted by atomic mass is 10.1. The third-order valence-corrected chi connectivity index (χ3v) is 6.34. The number of ether oxygens (including phenoxy) is 2. The number of nitrogens with zero attached hydrogens (tertiary/aromatic N) is 2. The highest BCUT2D eigenvalue weighted by Crippen LogP contribution is 2.37. The number of amidine groups is 2. The Morgan fingerprint density at radius 3 is 2.20 bits per heavy atom. The predicted molar refractivity (Wildman–Crippen MR) is 141 cm³/mol. The van der Waals surface area contributed by atoms with Gasteiger partial charge in [-0.05, 0) is 48.4 Å². The summed E-state index contributed by atoms with van der Waals surface area (Å²) in [6.45, 7) is 2.89. The Morgan fingerprint density at radius 1 is 0.914 bits per heavy atom. The molecule has 1 amide bonds. The van der Waals surface area contributed by atoms with E-state index in [1.54, 1.807) is 11.0 Å². The number of aliphatic imine (C=N–C) groups is 1. The van der Waals surface area contributed by atoms with Crippen molar-refractivity contribution < 1.29 is 14.3 Å². The molecular formula is C28H23N3O3S. The van der Waals surface area contributed by atoms with E-state index >= 15 is 0 Å². The summed E-state index contributed by atoms with van der Waals surface area (Å²) >= 11 is 1.35. The molecule has 0 aliphatic carbocycles. The van der Waals surface area contributed by atoms with Gasteiger partial charge in [0.05, 0.1) is 11.3 Å². The van der Waals surface area contributed by atoms with Crippen LogP contribution in [0.2, 0.25) is 0 Å². The molecule has 0 saturated heterocycles. The quantitative estimate of drug-likeness (QED) is 0.343. The zero-order valence-corrected chi connectivity index (χ0v) is 19.9. The lowest BCUT2D eigenvalue weighted by Crippen LogP contribution is -2.38. The second kappa shape index (κ2) is 10.0. The Labute approximate surface area is 208 Å². The van der Waals surface area contributed by atoms with Crippen molar-refractivity contribution in [2.24, 2.45) is 4.99 Å². The fourth-order valence-electron chi connectivity index (χ4n) is 3.69. The fraction of sp³-hybridized carbons (Fsp3) is 0.107. The van der Waals surface area contributed by atoms with Crippen molar-refractivity contribution >= 4 is 40.4 Å². The number of carbonyl (C=O) groups is 1. The third kappa shape index (κ3) is 5.05. The molecule has 3 aromatic carbocycles. The molecule has 0 unspecified atom stereocenters. The van der Waals surface area contributed by atoms with Gasteiger partial charge in [-0.1, -0.05) is 71.9 Å². The Bertz CT molecular complexity index is 1340. The molecule has 0 atom stereocenters. The molecule has 0 spiro atoms. The van der Waals surface area contributed by atoms with Crippen LogP contribution >= 0.6 is 11.8 Å². The van der Waals surface area contributed by atoms with Crippen molar-refractivity contribution in [2.45, 2.75) is 6.92 Å². The molecule has 0 bridgehead atoms. The van der Waals surface area contributed by atoms with E-state index in [1.807, 2.05) is 91.2 Å². The zero-order chi connectivity index (χ0) is 24.2. The second-order valence-corrected chi connectivity index (χ2v) is 8.84. The number of rotatable bonds is 7. The van der Waals surface area contributed by atoms with Gasteiger partial charge in [-0.2, -0.15) is 4.99 Å². The van der Waals surface area contributed by atoms with Crippen molar-refractivity contribution in [3.8, 4) is 11.5 Å². The van der Waals surface area contributed by atoms with Crippen LogP contribution in [0.1, 0.15) is 16.7 Å². The van der Waals surface area contributed by atoms with Crippen molar-refractivity contribution in [1.82, 2.24) is 4.90 Å². The van der Waals surface area contributed by atoms with Gasteiger partial charge in [0.2, 0.25) is 0 Å². The minimum atomic E-state index is -0.412. The van der Waals surface area contributed by atoms with Gasteiger partial charge < -0.3 is 9.47 Å². The Morgan fingerprint density at radius 2 is 1.54 bits per heavy atom. The van der Waals surface area contributed by atoms with E-state index in [1.165, 1.54) is 17.3 Å². The second-order valence-electron chi connectivity index (χ2n) is 8.01. The van der Waals surface area contributed by atoms with Gasteiger partial charge in [-0.3, -0.25) is 15.1 Å². The Balaban J connectivity index is 1.24. The molecule has 1 N–H and O–H groups in total. The average Bonchev–Trinajstić information content (AvgIpc) is 3.31. The van der Waals surface area contributed by atoms with E-state index in [9.17, 15) is 4.79 Å². The van der Waals surface area contributed by atoms with Crippen LogP contribution in [0.5, 0.6) is 11.5 Å². The maximum absolute atomic E-state index is 12.7. The van der Waals surface area contributed by atoms with Gasteiger partial charge in [0, 0.05) is 5.41 Å². The molecule has 3 aromatic rings. The predicted octanol–water partition coefficient (Wildman–Crippen LogP) is 5.76. The van der Waals surface area contributed by atoms with Gasteiger partial charge >= 0.3 is 0 Å². The van der Waals surface area contributed by atoms with Crippen LogP contribution in [0.25, 0.3) is 11.8 Å². The van der Waals surface area contributed by atoms with Crippen LogP contribution in [0.4, 0.5) is 0 Å². The highest BCUT2D eigenvalue weighted by atomic mass is 32.2. The minimum absolute atomic E-state index is 0.119. The van der Waals surface area contributed by atoms with Gasteiger partial charge in [0.1, 0.15) is 30.5 Å². The molecule has 2 aliphatic rings. The van der Waals surface area contributed by atoms with Crippen LogP contribution < -0.4 is 9.47 Å². The molecule has 174 valence electrons. The summed E-state index contributed by atoms with van der Waals surface area (Å²) < 4.78 is 11.5. The van der Waals surface area contributed by atoms with Crippen LogP contribution in [-0.2, 0) is 4.79 Å². The third-order valence-electron chi connectivity index (χ3n) is 5.52. The summed E-state index contributed by atoms with van der Waals surface area (Å²) in [6, 6.07) is 25.1. The number of hydrogen-bond acceptors (Lipinski definition) is 5. The molecule has 35 heavy (non-hydrogen) atoms. The van der Waals surface area contributed by atoms with Gasteiger partial charge in [-0.25, -0.2) is 0 Å². The number of nitrogens with one attached hydrogen (secondary N) is 1. The van der Waals surface area contributed by atoms with E-state index in [-0.39, 0.29) is 11.4 Å². The first-order valence-electron chi connectivity index (χ1n) is 11.2. The topological polar surface area (TPSA) is 75.0 Å². The minimum Gasteiger partial charge on any atom is -0.490 e. The first-order valence-corrected chi connectivity index (χ1v) is 12.0. The molecule has 2 aliphatic heterocycles. The summed E-state index contributed by atoms with van der Waals surface area (Å²) in [4.78, 5) is 18.6. The molecular weight excluding hydrogens is 458 g/mol. The SMILES string of the molecule is Cc1ccc(OCCOc2ccc(/C=C3/C(=N)N4C(c5ccccc5)=CSC4=NC3=O)cc2)cc1. The van der Waals surface area contributed by atoms with Gasteiger partial charge in [0.15, 0.2) is 5.17 Å². The van der Waals surface area contributed by atoms with Gasteiger partial charge in [-0.15, -0.1) is 0 Å². The highest BCUT2D eigenvalue weighted by Gasteiger charge is 2.36. The van der Waals surface area contributed by atoms with Crippen LogP contribution in [-0.4, -0.2) is 35.0 Å². The van der Waals surface area contributed by atoms with E-state index in [0.29, 0.717) is 24.1 Å². The van der Waals surface area contributed by atoms with E-state index < -0.39 is 5.91 Å². The van der Waals surface area contributed by atoms with Crippen molar-refractivity contribution in [3.05, 3.63) is 107 Å². The summed E-state index contributed by atoms with van der Waals surface area (Å²) in [5.41, 5.74) is 4.04. The molecule has 5 rings (SSSR count). The number of thioether (sulfide) groups is 1. The molecule has 6 nitrogen and oxygen atoms in total. The van der Waals surface area contributed by atoms with Crippen molar-refractivity contribution in [1.29, 1.82) is 5.41 Å². The normalized spacial score (nSPS) is 16.1. The van der Waals surface area contributed by atoms with Crippen LogP contribution in [0.15, 0.2) is 94.8 Å². The standard InChI is InChI=1S/C28H23N3O3S/c1-19-7-11-22(12-8-19)33-15-16-34-23-13-9-20(10-14-23)17-24-26(29)31-25(21-5-3-2-4-6-21)18-35-28(31)30-27(24)32/h2-14,17-18,29H,15-16H2,1H3/b24-17-,29-26?. The monoisotopic (exact) mass is 481 g/mol. The zero-order valence-electron chi connectivity index (χ0n) is 19.1. The summed E-state index contributed by atoms with van der Waals surface area (Å²) in [5.74, 6) is 1.22. The lowest BCUT2D eigenvalue weighted by molar-refractivity contribution is -0.114. The number of benzene rings is 3. The van der Waals surface area contributed by atoms with E-state index in [0.717, 1.165) is 22.6 Å². The first kappa shape index (κ1) is 22.7. The number of hydrogen-bond donors (Lipinski definition) is 1. The van der Waals surface area contributed by atoms with Crippen LogP contribution in [0.3, 0.4) is 0 Å². The summed E-state index contributed by atoms with van der Waals surface area (Å²) in [6.07, 6.45) is 1.70. The highest BCUT2D eigenvalue weighted by molar-refractivity contribution is 8.17. The number of aryl methyl sites for hydroxylation is 1. The summed E-state index contributed by atoms with van der Waals surface area (Å²) in [7, 11) is 0. The first-order chi connectivity index (χ1) is 17.1. The number of carbonyl (C=O) groups excluding carboxylic acids is 1. The largest absolute Gasteiger partial charge is 0.490 e. The van der Waals surface area contributed by atoms with E-state index in [2.05, 4.69) is 4.99 Å². The molecule has 0 aromatic heterocycles. The van der Waals surface area contributed by atoms with Crippen molar-refractivity contribution in [3.63, 3.8) is 0 Å². The van der Waals surface area contributed by atoms with Crippen molar-refractivity contribution in [2.75, 3.05) is 13.2 Å². The maximum Gasteiger partial charge on any atom is 0.283 e. The molecule has 0 fully saturated rings. The average molecular weight is 482 g/mol. The van der Waals surface area contributed by atoms with Gasteiger partial charge in [0.25, 0.3) is 5.91 Å². The molecule has 7 heteroatoms. The maximum atomic E-state index is 12.7. The number of amides is 1. The molecule has 0 saturated carbocycles. The summed E-state index contributed by atoms with van der Waals surface area (Å²) in [5, 5.41) is 11.2. The lowest BCUT2D eigenvalue weighted by Gasteiger charge is -2.26. The number of fused-ring (bicyclic) bond motifs is 1. The molecule has 2 heterocycles. The Hall–Kier alpha value is -4.10.